The Morgan fingerprint density at radius 3 is 2.86 bits per heavy atom. The van der Waals surface area contributed by atoms with Crippen molar-refractivity contribution in [3.8, 4) is 5.75 Å². The number of anilines is 2. The Labute approximate surface area is 124 Å². The molecule has 0 fully saturated rings. The van der Waals surface area contributed by atoms with Gasteiger partial charge in [0.05, 0.1) is 17.7 Å². The van der Waals surface area contributed by atoms with E-state index in [2.05, 4.69) is 5.32 Å². The number of nitrogens with one attached hydrogen (secondary N) is 1. The summed E-state index contributed by atoms with van der Waals surface area (Å²) < 4.78 is 10.5. The molecule has 0 bridgehead atoms. The maximum absolute atomic E-state index is 12.4. The second-order valence-electron chi connectivity index (χ2n) is 5.56. The number of rotatable bonds is 2. The molecule has 0 aliphatic carbocycles. The number of fused-ring (bicyclic) bond motifs is 1. The third-order valence-corrected chi connectivity index (χ3v) is 3.31. The van der Waals surface area contributed by atoms with Gasteiger partial charge in [-0.3, -0.25) is 10.1 Å². The van der Waals surface area contributed by atoms with Gasteiger partial charge in [0.1, 0.15) is 12.4 Å². The third kappa shape index (κ3) is 3.09. The standard InChI is InChI=1S/C15H20N2O4/c1-5-20-14(19)16-10-6-7-12-11(8-10)17(4)13(18)15(2,3)9-21-12/h6-8H,5,9H2,1-4H3,(H,16,19). The van der Waals surface area contributed by atoms with Gasteiger partial charge in [-0.1, -0.05) is 0 Å². The highest BCUT2D eigenvalue weighted by Crippen LogP contribution is 2.37. The molecule has 0 atom stereocenters. The van der Waals surface area contributed by atoms with Crippen LogP contribution in [0.4, 0.5) is 16.2 Å². The van der Waals surface area contributed by atoms with E-state index in [1.54, 1.807) is 37.1 Å². The van der Waals surface area contributed by atoms with E-state index >= 15 is 0 Å². The highest BCUT2D eigenvalue weighted by Gasteiger charge is 2.36. The SMILES string of the molecule is CCOC(=O)Nc1ccc2c(c1)N(C)C(=O)C(C)(C)CO2. The van der Waals surface area contributed by atoms with Crippen LogP contribution in [-0.2, 0) is 9.53 Å². The average Bonchev–Trinajstić information content (AvgIpc) is 2.51. The van der Waals surface area contributed by atoms with Gasteiger partial charge in [0.25, 0.3) is 0 Å². The fourth-order valence-electron chi connectivity index (χ4n) is 2.15. The Bertz CT molecular complexity index is 569. The van der Waals surface area contributed by atoms with Gasteiger partial charge in [-0.25, -0.2) is 4.79 Å². The number of hydrogen-bond donors (Lipinski definition) is 1. The largest absolute Gasteiger partial charge is 0.490 e. The van der Waals surface area contributed by atoms with Crippen LogP contribution in [0.25, 0.3) is 0 Å². The van der Waals surface area contributed by atoms with E-state index in [-0.39, 0.29) is 5.91 Å². The molecule has 114 valence electrons. The molecule has 0 aromatic heterocycles. The molecule has 1 aromatic rings. The second kappa shape index (κ2) is 5.63. The van der Waals surface area contributed by atoms with Gasteiger partial charge in [-0.15, -0.1) is 0 Å². The Hall–Kier alpha value is -2.24. The molecule has 21 heavy (non-hydrogen) atoms. The molecule has 2 amide bonds. The molecular formula is C15H20N2O4. The van der Waals surface area contributed by atoms with Crippen LogP contribution in [-0.4, -0.2) is 32.3 Å². The Balaban J connectivity index is 2.30. The molecule has 1 aliphatic rings. The summed E-state index contributed by atoms with van der Waals surface area (Å²) in [5.74, 6) is 0.584. The molecule has 1 aliphatic heterocycles. The van der Waals surface area contributed by atoms with E-state index < -0.39 is 11.5 Å². The quantitative estimate of drug-likeness (QED) is 0.910. The summed E-state index contributed by atoms with van der Waals surface area (Å²) in [5, 5.41) is 2.61. The lowest BCUT2D eigenvalue weighted by atomic mass is 9.93. The molecular weight excluding hydrogens is 272 g/mol. The van der Waals surface area contributed by atoms with Crippen molar-refractivity contribution in [2.24, 2.45) is 5.41 Å². The van der Waals surface area contributed by atoms with E-state index in [1.165, 1.54) is 0 Å². The summed E-state index contributed by atoms with van der Waals surface area (Å²) in [6.07, 6.45) is -0.527. The van der Waals surface area contributed by atoms with Crippen molar-refractivity contribution in [3.63, 3.8) is 0 Å². The monoisotopic (exact) mass is 292 g/mol. The molecule has 0 spiro atoms. The predicted molar refractivity (Wildman–Crippen MR) is 79.8 cm³/mol. The van der Waals surface area contributed by atoms with Crippen LogP contribution in [0.5, 0.6) is 5.75 Å². The first-order chi connectivity index (χ1) is 9.85. The molecule has 0 saturated carbocycles. The van der Waals surface area contributed by atoms with Crippen molar-refractivity contribution >= 4 is 23.4 Å². The fourth-order valence-corrected chi connectivity index (χ4v) is 2.15. The van der Waals surface area contributed by atoms with E-state index in [9.17, 15) is 9.59 Å². The normalized spacial score (nSPS) is 16.6. The molecule has 0 radical (unpaired) electrons. The molecule has 1 heterocycles. The van der Waals surface area contributed by atoms with Gasteiger partial charge in [0, 0.05) is 12.7 Å². The van der Waals surface area contributed by atoms with Crippen molar-refractivity contribution in [1.29, 1.82) is 0 Å². The lowest BCUT2D eigenvalue weighted by Gasteiger charge is -2.24. The minimum atomic E-state index is -0.595. The topological polar surface area (TPSA) is 67.9 Å². The zero-order valence-electron chi connectivity index (χ0n) is 12.7. The fraction of sp³-hybridized carbons (Fsp3) is 0.467. The van der Waals surface area contributed by atoms with Gasteiger partial charge in [0.15, 0.2) is 0 Å². The lowest BCUT2D eigenvalue weighted by molar-refractivity contribution is -0.127. The molecule has 2 rings (SSSR count). The molecule has 6 nitrogen and oxygen atoms in total. The summed E-state index contributed by atoms with van der Waals surface area (Å²) in [4.78, 5) is 25.4. The van der Waals surface area contributed by atoms with Crippen molar-refractivity contribution in [2.75, 3.05) is 30.5 Å². The maximum atomic E-state index is 12.4. The van der Waals surface area contributed by atoms with E-state index in [4.69, 9.17) is 9.47 Å². The summed E-state index contributed by atoms with van der Waals surface area (Å²) in [6.45, 7) is 6.03. The Morgan fingerprint density at radius 2 is 2.19 bits per heavy atom. The number of nitrogens with zero attached hydrogens (tertiary/aromatic N) is 1. The van der Waals surface area contributed by atoms with Gasteiger partial charge in [-0.2, -0.15) is 0 Å². The van der Waals surface area contributed by atoms with Crippen LogP contribution >= 0.6 is 0 Å². The van der Waals surface area contributed by atoms with Crippen LogP contribution in [0.15, 0.2) is 18.2 Å². The summed E-state index contributed by atoms with van der Waals surface area (Å²) in [6, 6.07) is 5.15. The number of carbonyl (C=O) groups is 2. The summed E-state index contributed by atoms with van der Waals surface area (Å²) in [7, 11) is 1.70. The zero-order chi connectivity index (χ0) is 15.6. The van der Waals surface area contributed by atoms with Crippen LogP contribution in [0.2, 0.25) is 0 Å². The van der Waals surface area contributed by atoms with Gasteiger partial charge in [0.2, 0.25) is 5.91 Å². The van der Waals surface area contributed by atoms with Crippen molar-refractivity contribution < 1.29 is 19.1 Å². The first-order valence-electron chi connectivity index (χ1n) is 6.84. The first kappa shape index (κ1) is 15.2. The third-order valence-electron chi connectivity index (χ3n) is 3.31. The first-order valence-corrected chi connectivity index (χ1v) is 6.84. The average molecular weight is 292 g/mol. The van der Waals surface area contributed by atoms with E-state index in [1.807, 2.05) is 13.8 Å². The molecule has 1 aromatic carbocycles. The minimum Gasteiger partial charge on any atom is -0.490 e. The van der Waals surface area contributed by atoms with Crippen LogP contribution < -0.4 is 15.0 Å². The van der Waals surface area contributed by atoms with Crippen molar-refractivity contribution in [3.05, 3.63) is 18.2 Å². The number of hydrogen-bond acceptors (Lipinski definition) is 4. The summed E-state index contributed by atoms with van der Waals surface area (Å²) in [5.41, 5.74) is 0.581. The van der Waals surface area contributed by atoms with Crippen LogP contribution in [0.1, 0.15) is 20.8 Å². The van der Waals surface area contributed by atoms with Crippen LogP contribution in [0.3, 0.4) is 0 Å². The molecule has 0 unspecified atom stereocenters. The minimum absolute atomic E-state index is 0.0328. The van der Waals surface area contributed by atoms with Crippen LogP contribution in [0, 0.1) is 5.41 Å². The number of benzene rings is 1. The van der Waals surface area contributed by atoms with Crippen molar-refractivity contribution in [2.45, 2.75) is 20.8 Å². The lowest BCUT2D eigenvalue weighted by Crippen LogP contribution is -2.39. The van der Waals surface area contributed by atoms with E-state index in [0.29, 0.717) is 30.3 Å². The predicted octanol–water partition coefficient (Wildman–Crippen LogP) is 2.64. The van der Waals surface area contributed by atoms with Gasteiger partial charge >= 0.3 is 6.09 Å². The molecule has 0 saturated heterocycles. The van der Waals surface area contributed by atoms with Crippen molar-refractivity contribution in [1.82, 2.24) is 0 Å². The number of ether oxygens (including phenoxy) is 2. The number of carbonyl (C=O) groups excluding carboxylic acids is 2. The van der Waals surface area contributed by atoms with E-state index in [0.717, 1.165) is 0 Å². The molecule has 6 heteroatoms. The zero-order valence-corrected chi connectivity index (χ0v) is 12.7. The highest BCUT2D eigenvalue weighted by atomic mass is 16.5. The second-order valence-corrected chi connectivity index (χ2v) is 5.56. The van der Waals surface area contributed by atoms with Gasteiger partial charge in [-0.05, 0) is 39.0 Å². The maximum Gasteiger partial charge on any atom is 0.411 e. The highest BCUT2D eigenvalue weighted by molar-refractivity contribution is 5.99. The Morgan fingerprint density at radius 1 is 1.48 bits per heavy atom. The molecule has 1 N–H and O–H groups in total. The number of amides is 2. The summed E-state index contributed by atoms with van der Waals surface area (Å²) >= 11 is 0. The van der Waals surface area contributed by atoms with Gasteiger partial charge < -0.3 is 14.4 Å². The smallest absolute Gasteiger partial charge is 0.411 e. The Kier molecular flexibility index (Phi) is 4.06.